The molecule has 1 aromatic heterocycles. The summed E-state index contributed by atoms with van der Waals surface area (Å²) < 4.78 is 27.3. The number of fused-ring (bicyclic) bond motifs is 1. The quantitative estimate of drug-likeness (QED) is 0.838. The Bertz CT molecular complexity index is 617. The zero-order valence-corrected chi connectivity index (χ0v) is 14.4. The number of pyridine rings is 1. The normalized spacial score (nSPS) is 26.1. The monoisotopic (exact) mass is 337 g/mol. The van der Waals surface area contributed by atoms with Gasteiger partial charge in [0, 0.05) is 35.8 Å². The van der Waals surface area contributed by atoms with Crippen molar-refractivity contribution in [3.63, 3.8) is 0 Å². The van der Waals surface area contributed by atoms with Crippen molar-refractivity contribution in [2.24, 2.45) is 17.8 Å². The third kappa shape index (κ3) is 3.58. The Morgan fingerprint density at radius 3 is 2.62 bits per heavy atom. The van der Waals surface area contributed by atoms with Crippen LogP contribution < -0.4 is 10.6 Å². The summed E-state index contributed by atoms with van der Waals surface area (Å²) in [5.41, 5.74) is -0.0751. The molecule has 2 heterocycles. The zero-order chi connectivity index (χ0) is 17.5. The fourth-order valence-electron chi connectivity index (χ4n) is 3.75. The van der Waals surface area contributed by atoms with E-state index < -0.39 is 11.5 Å². The summed E-state index contributed by atoms with van der Waals surface area (Å²) in [5, 5.41) is 6.37. The van der Waals surface area contributed by atoms with Crippen LogP contribution in [0.3, 0.4) is 0 Å². The Labute approximate surface area is 141 Å². The summed E-state index contributed by atoms with van der Waals surface area (Å²) >= 11 is 0. The number of hydrogen-bond acceptors (Lipinski definition) is 3. The number of hydrogen-bond donors (Lipinski definition) is 2. The molecule has 3 atom stereocenters. The second-order valence-electron chi connectivity index (χ2n) is 7.77. The van der Waals surface area contributed by atoms with E-state index in [2.05, 4.69) is 15.6 Å². The number of alkyl halides is 2. The molecule has 1 aliphatic carbocycles. The first kappa shape index (κ1) is 17.3. The van der Waals surface area contributed by atoms with Crippen LogP contribution in [0, 0.1) is 17.8 Å². The van der Waals surface area contributed by atoms with Gasteiger partial charge < -0.3 is 10.6 Å². The van der Waals surface area contributed by atoms with E-state index in [1.807, 2.05) is 13.8 Å². The fraction of sp³-hybridized carbons (Fsp3) is 0.667. The molecule has 1 aromatic rings. The van der Waals surface area contributed by atoms with Crippen LogP contribution in [0.5, 0.6) is 0 Å². The topological polar surface area (TPSA) is 54.0 Å². The standard InChI is InChI=1S/C18H25F2N3O/c1-17(2,23-16(24)15-11-9-21-10-12(11)15)7-6-14-13(18(3,19)20)5-4-8-22-14/h4-5,8,11-12,15,21H,6-7,9-10H2,1-3H3,(H,23,24)/t11-,12+,15?. The van der Waals surface area contributed by atoms with Gasteiger partial charge in [0.05, 0.1) is 0 Å². The Balaban J connectivity index is 1.58. The van der Waals surface area contributed by atoms with Gasteiger partial charge in [0.15, 0.2) is 0 Å². The minimum atomic E-state index is -2.91. The lowest BCUT2D eigenvalue weighted by molar-refractivity contribution is -0.124. The minimum absolute atomic E-state index is 0.0325. The smallest absolute Gasteiger partial charge is 0.272 e. The molecule has 0 spiro atoms. The lowest BCUT2D eigenvalue weighted by Gasteiger charge is -2.27. The van der Waals surface area contributed by atoms with E-state index in [4.69, 9.17) is 0 Å². The van der Waals surface area contributed by atoms with E-state index in [0.29, 0.717) is 30.4 Å². The number of piperidine rings is 1. The van der Waals surface area contributed by atoms with E-state index in [9.17, 15) is 13.6 Å². The van der Waals surface area contributed by atoms with E-state index in [1.54, 1.807) is 0 Å². The predicted molar refractivity (Wildman–Crippen MR) is 87.7 cm³/mol. The first-order valence-corrected chi connectivity index (χ1v) is 8.54. The van der Waals surface area contributed by atoms with Crippen molar-refractivity contribution in [3.8, 4) is 0 Å². The lowest BCUT2D eigenvalue weighted by atomic mass is 9.94. The maximum absolute atomic E-state index is 13.7. The van der Waals surface area contributed by atoms with Crippen LogP contribution in [0.15, 0.2) is 18.3 Å². The Morgan fingerprint density at radius 2 is 2.00 bits per heavy atom. The largest absolute Gasteiger partial charge is 0.351 e. The number of nitrogens with zero attached hydrogens (tertiary/aromatic N) is 1. The van der Waals surface area contributed by atoms with Gasteiger partial charge in [-0.15, -0.1) is 0 Å². The molecule has 1 unspecified atom stereocenters. The van der Waals surface area contributed by atoms with Gasteiger partial charge in [-0.1, -0.05) is 0 Å². The van der Waals surface area contributed by atoms with Crippen molar-refractivity contribution in [1.29, 1.82) is 0 Å². The molecule has 2 aliphatic rings. The van der Waals surface area contributed by atoms with Gasteiger partial charge in [-0.2, -0.15) is 0 Å². The van der Waals surface area contributed by atoms with Crippen molar-refractivity contribution in [3.05, 3.63) is 29.6 Å². The third-order valence-corrected chi connectivity index (χ3v) is 5.21. The number of aryl methyl sites for hydroxylation is 1. The van der Waals surface area contributed by atoms with Crippen LogP contribution in [0.4, 0.5) is 8.78 Å². The molecule has 6 heteroatoms. The summed E-state index contributed by atoms with van der Waals surface area (Å²) in [6.45, 7) is 6.61. The van der Waals surface area contributed by atoms with E-state index in [-0.39, 0.29) is 17.4 Å². The van der Waals surface area contributed by atoms with Crippen LogP contribution in [0.25, 0.3) is 0 Å². The minimum Gasteiger partial charge on any atom is -0.351 e. The van der Waals surface area contributed by atoms with Crippen molar-refractivity contribution < 1.29 is 13.6 Å². The number of halogens is 2. The number of amides is 1. The highest BCUT2D eigenvalue weighted by atomic mass is 19.3. The molecular weight excluding hydrogens is 312 g/mol. The molecule has 1 aliphatic heterocycles. The molecule has 0 radical (unpaired) electrons. The second kappa shape index (κ2) is 6.06. The van der Waals surface area contributed by atoms with Gasteiger partial charge in [0.2, 0.25) is 5.91 Å². The molecule has 24 heavy (non-hydrogen) atoms. The average molecular weight is 337 g/mol. The third-order valence-electron chi connectivity index (χ3n) is 5.21. The number of carbonyl (C=O) groups excluding carboxylic acids is 1. The van der Waals surface area contributed by atoms with Gasteiger partial charge in [-0.3, -0.25) is 9.78 Å². The SMILES string of the molecule is CC(C)(CCc1ncccc1C(C)(F)F)NC(=O)C1[C@H]2CNC[C@@H]12. The van der Waals surface area contributed by atoms with Gasteiger partial charge in [0.25, 0.3) is 5.92 Å². The molecule has 0 bridgehead atoms. The maximum Gasteiger partial charge on any atom is 0.272 e. The lowest BCUT2D eigenvalue weighted by Crippen LogP contribution is -2.45. The van der Waals surface area contributed by atoms with Gasteiger partial charge in [0.1, 0.15) is 0 Å². The van der Waals surface area contributed by atoms with Crippen molar-refractivity contribution in [2.45, 2.75) is 45.1 Å². The van der Waals surface area contributed by atoms with E-state index in [1.165, 1.54) is 18.3 Å². The highest BCUT2D eigenvalue weighted by molar-refractivity contribution is 5.83. The zero-order valence-electron chi connectivity index (χ0n) is 14.4. The maximum atomic E-state index is 13.7. The first-order chi connectivity index (χ1) is 11.2. The molecule has 1 amide bonds. The van der Waals surface area contributed by atoms with Gasteiger partial charge in [-0.25, -0.2) is 8.78 Å². The molecule has 1 saturated carbocycles. The van der Waals surface area contributed by atoms with Crippen LogP contribution in [-0.2, 0) is 17.1 Å². The molecule has 2 N–H and O–H groups in total. The Kier molecular flexibility index (Phi) is 4.36. The Morgan fingerprint density at radius 1 is 1.33 bits per heavy atom. The summed E-state index contributed by atoms with van der Waals surface area (Å²) in [7, 11) is 0. The van der Waals surface area contributed by atoms with Crippen LogP contribution in [0.2, 0.25) is 0 Å². The summed E-state index contributed by atoms with van der Waals surface area (Å²) in [6.07, 6.45) is 2.51. The molecule has 3 rings (SSSR count). The highest BCUT2D eigenvalue weighted by Gasteiger charge is 2.57. The Hall–Kier alpha value is -1.56. The van der Waals surface area contributed by atoms with Crippen molar-refractivity contribution in [1.82, 2.24) is 15.6 Å². The fourth-order valence-corrected chi connectivity index (χ4v) is 3.75. The van der Waals surface area contributed by atoms with Gasteiger partial charge in [-0.05, 0) is 63.7 Å². The molecule has 0 aromatic carbocycles. The summed E-state index contributed by atoms with van der Waals surface area (Å²) in [5.74, 6) is -1.74. The average Bonchev–Trinajstić information content (AvgIpc) is 2.98. The van der Waals surface area contributed by atoms with E-state index >= 15 is 0 Å². The highest BCUT2D eigenvalue weighted by Crippen LogP contribution is 2.48. The molecule has 132 valence electrons. The molecule has 4 nitrogen and oxygen atoms in total. The number of carbonyl (C=O) groups is 1. The van der Waals surface area contributed by atoms with Crippen LogP contribution in [0.1, 0.15) is 38.4 Å². The molecular formula is C18H25F2N3O. The molecule has 2 fully saturated rings. The predicted octanol–water partition coefficient (Wildman–Crippen LogP) is 2.49. The number of rotatable bonds is 6. The summed E-state index contributed by atoms with van der Waals surface area (Å²) in [6, 6.07) is 2.95. The van der Waals surface area contributed by atoms with E-state index in [0.717, 1.165) is 20.0 Å². The van der Waals surface area contributed by atoms with Crippen LogP contribution >= 0.6 is 0 Å². The number of nitrogens with one attached hydrogen (secondary N) is 2. The van der Waals surface area contributed by atoms with Crippen LogP contribution in [-0.4, -0.2) is 29.5 Å². The van der Waals surface area contributed by atoms with Crippen molar-refractivity contribution >= 4 is 5.91 Å². The van der Waals surface area contributed by atoms with Gasteiger partial charge >= 0.3 is 0 Å². The first-order valence-electron chi connectivity index (χ1n) is 8.54. The second-order valence-corrected chi connectivity index (χ2v) is 7.77. The summed E-state index contributed by atoms with van der Waals surface area (Å²) in [4.78, 5) is 16.5. The van der Waals surface area contributed by atoms with Crippen molar-refractivity contribution in [2.75, 3.05) is 13.1 Å². The number of aromatic nitrogens is 1. The molecule has 1 saturated heterocycles.